The van der Waals surface area contributed by atoms with Crippen LogP contribution in [0, 0.1) is 6.92 Å². The van der Waals surface area contributed by atoms with Crippen LogP contribution in [0.3, 0.4) is 0 Å². The molecule has 0 aromatic carbocycles. The molecule has 0 aliphatic carbocycles. The maximum absolute atomic E-state index is 11.5. The molecule has 0 atom stereocenters. The number of carbonyl (C=O) groups excluding carboxylic acids is 2. The molecule has 1 heterocycles. The molecule has 0 radical (unpaired) electrons. The predicted octanol–water partition coefficient (Wildman–Crippen LogP) is 0.922. The lowest BCUT2D eigenvalue weighted by Crippen LogP contribution is -2.28. The highest BCUT2D eigenvalue weighted by Crippen LogP contribution is 2.14. The molecule has 1 aromatic rings. The van der Waals surface area contributed by atoms with Crippen LogP contribution in [-0.2, 0) is 4.79 Å². The minimum absolute atomic E-state index is 0.0716. The fraction of sp³-hybridized carbons (Fsp3) is 0.400. The Balaban J connectivity index is 2.34. The average molecular weight is 226 g/mol. The number of hydrogen-bond acceptors (Lipinski definition) is 3. The Morgan fingerprint density at radius 2 is 2.13 bits per heavy atom. The van der Waals surface area contributed by atoms with Gasteiger partial charge in [0.05, 0.1) is 4.88 Å². The van der Waals surface area contributed by atoms with E-state index in [4.69, 9.17) is 0 Å². The zero-order valence-corrected chi connectivity index (χ0v) is 9.61. The van der Waals surface area contributed by atoms with Crippen molar-refractivity contribution in [1.29, 1.82) is 0 Å². The summed E-state index contributed by atoms with van der Waals surface area (Å²) in [5, 5.41) is 5.18. The minimum Gasteiger partial charge on any atom is -0.359 e. The van der Waals surface area contributed by atoms with Gasteiger partial charge in [0.25, 0.3) is 5.91 Å². The second-order valence-electron chi connectivity index (χ2n) is 3.09. The second-order valence-corrected chi connectivity index (χ2v) is 4.38. The molecule has 0 aliphatic rings. The first-order valence-electron chi connectivity index (χ1n) is 4.68. The van der Waals surface area contributed by atoms with Gasteiger partial charge in [-0.2, -0.15) is 0 Å². The van der Waals surface area contributed by atoms with Crippen molar-refractivity contribution < 1.29 is 9.59 Å². The Hall–Kier alpha value is -1.36. The normalized spacial score (nSPS) is 9.73. The number of carbonyl (C=O) groups is 2. The molecule has 0 aliphatic heterocycles. The van der Waals surface area contributed by atoms with Gasteiger partial charge in [0.15, 0.2) is 0 Å². The number of rotatable bonds is 4. The zero-order valence-electron chi connectivity index (χ0n) is 8.79. The van der Waals surface area contributed by atoms with Crippen LogP contribution in [0.4, 0.5) is 0 Å². The third-order valence-electron chi connectivity index (χ3n) is 1.88. The van der Waals surface area contributed by atoms with E-state index in [1.54, 1.807) is 13.1 Å². The van der Waals surface area contributed by atoms with Crippen molar-refractivity contribution in [3.8, 4) is 0 Å². The van der Waals surface area contributed by atoms with Crippen LogP contribution < -0.4 is 10.6 Å². The Kier molecular flexibility index (Phi) is 4.30. The van der Waals surface area contributed by atoms with Crippen molar-refractivity contribution >= 4 is 23.2 Å². The SMILES string of the molecule is CNC(=O)CCNC(=O)c1ccc(C)s1. The van der Waals surface area contributed by atoms with Gasteiger partial charge in [-0.1, -0.05) is 0 Å². The van der Waals surface area contributed by atoms with E-state index in [1.165, 1.54) is 11.3 Å². The van der Waals surface area contributed by atoms with Gasteiger partial charge in [-0.05, 0) is 19.1 Å². The molecule has 0 spiro atoms. The summed E-state index contributed by atoms with van der Waals surface area (Å²) in [5.74, 6) is -0.185. The van der Waals surface area contributed by atoms with Crippen molar-refractivity contribution in [3.63, 3.8) is 0 Å². The standard InChI is InChI=1S/C10H14N2O2S/c1-7-3-4-8(15-7)10(14)12-6-5-9(13)11-2/h3-4H,5-6H2,1-2H3,(H,11,13)(H,12,14). The molecular weight excluding hydrogens is 212 g/mol. The molecule has 0 saturated heterocycles. The summed E-state index contributed by atoms with van der Waals surface area (Å²) in [5.41, 5.74) is 0. The summed E-state index contributed by atoms with van der Waals surface area (Å²) in [6.07, 6.45) is 0.312. The van der Waals surface area contributed by atoms with Crippen molar-refractivity contribution in [2.75, 3.05) is 13.6 Å². The molecule has 0 bridgehead atoms. The van der Waals surface area contributed by atoms with E-state index in [0.717, 1.165) is 4.88 Å². The first-order valence-corrected chi connectivity index (χ1v) is 5.50. The third-order valence-corrected chi connectivity index (χ3v) is 2.88. The van der Waals surface area contributed by atoms with Gasteiger partial charge in [0.2, 0.25) is 5.91 Å². The van der Waals surface area contributed by atoms with Crippen LogP contribution in [0.15, 0.2) is 12.1 Å². The van der Waals surface area contributed by atoms with Crippen LogP contribution in [0.1, 0.15) is 21.0 Å². The average Bonchev–Trinajstić information content (AvgIpc) is 2.64. The van der Waals surface area contributed by atoms with Crippen molar-refractivity contribution in [2.24, 2.45) is 0 Å². The quantitative estimate of drug-likeness (QED) is 0.802. The molecule has 82 valence electrons. The largest absolute Gasteiger partial charge is 0.359 e. The Morgan fingerprint density at radius 3 is 2.67 bits per heavy atom. The topological polar surface area (TPSA) is 58.2 Å². The molecule has 0 unspecified atom stereocenters. The molecule has 5 heteroatoms. The maximum Gasteiger partial charge on any atom is 0.261 e. The molecule has 1 aromatic heterocycles. The Morgan fingerprint density at radius 1 is 1.40 bits per heavy atom. The van der Waals surface area contributed by atoms with Crippen molar-refractivity contribution in [2.45, 2.75) is 13.3 Å². The summed E-state index contributed by atoms with van der Waals surface area (Å²) in [7, 11) is 1.58. The lowest BCUT2D eigenvalue weighted by molar-refractivity contribution is -0.120. The van der Waals surface area contributed by atoms with Crippen LogP contribution in [0.5, 0.6) is 0 Å². The highest BCUT2D eigenvalue weighted by Gasteiger charge is 2.07. The van der Waals surface area contributed by atoms with Crippen LogP contribution in [0.2, 0.25) is 0 Å². The first-order chi connectivity index (χ1) is 7.13. The van der Waals surface area contributed by atoms with Gasteiger partial charge >= 0.3 is 0 Å². The van der Waals surface area contributed by atoms with Gasteiger partial charge in [0, 0.05) is 24.9 Å². The molecule has 1 rings (SSSR count). The fourth-order valence-corrected chi connectivity index (χ4v) is 1.84. The highest BCUT2D eigenvalue weighted by atomic mass is 32.1. The zero-order chi connectivity index (χ0) is 11.3. The Labute approximate surface area is 92.7 Å². The van der Waals surface area contributed by atoms with Gasteiger partial charge in [0.1, 0.15) is 0 Å². The first kappa shape index (κ1) is 11.7. The van der Waals surface area contributed by atoms with E-state index in [-0.39, 0.29) is 11.8 Å². The monoisotopic (exact) mass is 226 g/mol. The number of nitrogens with one attached hydrogen (secondary N) is 2. The maximum atomic E-state index is 11.5. The number of hydrogen-bond donors (Lipinski definition) is 2. The molecule has 0 saturated carbocycles. The summed E-state index contributed by atoms with van der Waals surface area (Å²) in [6.45, 7) is 2.32. The summed E-state index contributed by atoms with van der Waals surface area (Å²) < 4.78 is 0. The summed E-state index contributed by atoms with van der Waals surface area (Å²) in [4.78, 5) is 24.2. The molecule has 4 nitrogen and oxygen atoms in total. The van der Waals surface area contributed by atoms with Crippen molar-refractivity contribution in [3.05, 3.63) is 21.9 Å². The van der Waals surface area contributed by atoms with Gasteiger partial charge in [-0.15, -0.1) is 11.3 Å². The molecular formula is C10H14N2O2S. The van der Waals surface area contributed by atoms with E-state index in [0.29, 0.717) is 17.8 Å². The van der Waals surface area contributed by atoms with E-state index < -0.39 is 0 Å². The van der Waals surface area contributed by atoms with Crippen LogP contribution >= 0.6 is 11.3 Å². The number of aryl methyl sites for hydroxylation is 1. The summed E-state index contributed by atoms with van der Waals surface area (Å²) in [6, 6.07) is 3.69. The smallest absolute Gasteiger partial charge is 0.261 e. The second kappa shape index (κ2) is 5.50. The lowest BCUT2D eigenvalue weighted by atomic mass is 10.3. The lowest BCUT2D eigenvalue weighted by Gasteiger charge is -2.02. The van der Waals surface area contributed by atoms with Gasteiger partial charge in [-0.3, -0.25) is 9.59 Å². The third kappa shape index (κ3) is 3.71. The molecule has 15 heavy (non-hydrogen) atoms. The van der Waals surface area contributed by atoms with Crippen molar-refractivity contribution in [1.82, 2.24) is 10.6 Å². The highest BCUT2D eigenvalue weighted by molar-refractivity contribution is 7.13. The van der Waals surface area contributed by atoms with Crippen LogP contribution in [0.25, 0.3) is 0 Å². The molecule has 2 N–H and O–H groups in total. The van der Waals surface area contributed by atoms with Gasteiger partial charge < -0.3 is 10.6 Å². The molecule has 2 amide bonds. The van der Waals surface area contributed by atoms with E-state index in [2.05, 4.69) is 10.6 Å². The van der Waals surface area contributed by atoms with Crippen LogP contribution in [-0.4, -0.2) is 25.4 Å². The summed E-state index contributed by atoms with van der Waals surface area (Å²) >= 11 is 1.45. The van der Waals surface area contributed by atoms with E-state index >= 15 is 0 Å². The van der Waals surface area contributed by atoms with Gasteiger partial charge in [-0.25, -0.2) is 0 Å². The predicted molar refractivity (Wildman–Crippen MR) is 60.1 cm³/mol. The van der Waals surface area contributed by atoms with E-state index in [9.17, 15) is 9.59 Å². The number of amides is 2. The fourth-order valence-electron chi connectivity index (χ4n) is 1.06. The molecule has 0 fully saturated rings. The number of thiophene rings is 1. The van der Waals surface area contributed by atoms with E-state index in [1.807, 2.05) is 13.0 Å². The minimum atomic E-state index is -0.114. The Bertz CT molecular complexity index is 360.